The van der Waals surface area contributed by atoms with Crippen LogP contribution in [0, 0.1) is 6.92 Å². The maximum Gasteiger partial charge on any atom is 0.339 e. The Labute approximate surface area is 130 Å². The molecular weight excluding hydrogens is 328 g/mol. The topological polar surface area (TPSA) is 128 Å². The van der Waals surface area contributed by atoms with Crippen molar-refractivity contribution >= 4 is 21.7 Å². The number of carboxylic acid groups (broad SMARTS) is 1. The Kier molecular flexibility index (Phi) is 3.60. The van der Waals surface area contributed by atoms with Crippen molar-refractivity contribution in [2.75, 3.05) is 17.9 Å². The fraction of sp³-hybridized carbons (Fsp3) is 0.231. The van der Waals surface area contributed by atoms with Crippen LogP contribution >= 0.6 is 0 Å². The van der Waals surface area contributed by atoms with Crippen LogP contribution in [0.4, 0.5) is 5.69 Å². The molecule has 2 N–H and O–H groups in total. The number of sulfonamides is 1. The van der Waals surface area contributed by atoms with E-state index in [1.165, 1.54) is 19.2 Å². The van der Waals surface area contributed by atoms with Crippen molar-refractivity contribution in [2.24, 2.45) is 0 Å². The first-order chi connectivity index (χ1) is 10.9. The van der Waals surface area contributed by atoms with Gasteiger partial charge in [0.25, 0.3) is 10.0 Å². The predicted molar refractivity (Wildman–Crippen MR) is 76.4 cm³/mol. The van der Waals surface area contributed by atoms with Gasteiger partial charge in [0.15, 0.2) is 17.3 Å². The first kappa shape index (κ1) is 15.2. The Morgan fingerprint density at radius 3 is 2.70 bits per heavy atom. The minimum Gasteiger partial charge on any atom is -0.486 e. The number of fused-ring (bicyclic) bond motifs is 1. The van der Waals surface area contributed by atoms with Gasteiger partial charge >= 0.3 is 5.97 Å². The molecule has 2 aromatic rings. The Morgan fingerprint density at radius 1 is 1.30 bits per heavy atom. The molecule has 0 amide bonds. The third kappa shape index (κ3) is 2.80. The zero-order valence-electron chi connectivity index (χ0n) is 11.9. The van der Waals surface area contributed by atoms with E-state index in [9.17, 15) is 18.3 Å². The molecule has 122 valence electrons. The summed E-state index contributed by atoms with van der Waals surface area (Å²) in [6.07, 6.45) is 1.21. The van der Waals surface area contributed by atoms with Gasteiger partial charge in [-0.3, -0.25) is 4.72 Å². The summed E-state index contributed by atoms with van der Waals surface area (Å²) < 4.78 is 42.5. The van der Waals surface area contributed by atoms with Gasteiger partial charge in [0.05, 0.1) is 11.1 Å². The van der Waals surface area contributed by atoms with Gasteiger partial charge in [0.2, 0.25) is 0 Å². The van der Waals surface area contributed by atoms with Gasteiger partial charge in [-0.25, -0.2) is 13.2 Å². The third-order valence-electron chi connectivity index (χ3n) is 3.15. The molecule has 2 heterocycles. The molecule has 0 fully saturated rings. The summed E-state index contributed by atoms with van der Waals surface area (Å²) in [5, 5.41) is 12.7. The number of aromatic carboxylic acids is 1. The van der Waals surface area contributed by atoms with Crippen molar-refractivity contribution in [3.05, 3.63) is 29.7 Å². The third-order valence-corrected chi connectivity index (χ3v) is 4.50. The van der Waals surface area contributed by atoms with Gasteiger partial charge in [-0.15, -0.1) is 0 Å². The summed E-state index contributed by atoms with van der Waals surface area (Å²) in [6.45, 7) is 1.93. The molecule has 10 heteroatoms. The average Bonchev–Trinajstić information content (AvgIpc) is 2.90. The fourth-order valence-electron chi connectivity index (χ4n) is 2.04. The lowest BCUT2D eigenvalue weighted by atomic mass is 10.2. The van der Waals surface area contributed by atoms with E-state index in [4.69, 9.17) is 14.0 Å². The molecule has 9 nitrogen and oxygen atoms in total. The average molecular weight is 340 g/mol. The van der Waals surface area contributed by atoms with E-state index in [-0.39, 0.29) is 46.6 Å². The summed E-state index contributed by atoms with van der Waals surface area (Å²) >= 11 is 0. The fourth-order valence-corrected chi connectivity index (χ4v) is 3.18. The number of rotatable bonds is 4. The van der Waals surface area contributed by atoms with Crippen LogP contribution in [0.2, 0.25) is 0 Å². The zero-order valence-corrected chi connectivity index (χ0v) is 12.7. The van der Waals surface area contributed by atoms with Gasteiger partial charge < -0.3 is 19.1 Å². The molecule has 23 heavy (non-hydrogen) atoms. The Hall–Kier alpha value is -2.75. The van der Waals surface area contributed by atoms with E-state index in [0.29, 0.717) is 0 Å². The Balaban J connectivity index is 2.07. The number of hydrogen-bond donors (Lipinski definition) is 2. The number of ether oxygens (including phenoxy) is 2. The lowest BCUT2D eigenvalue weighted by molar-refractivity contribution is 0.0685. The smallest absolute Gasteiger partial charge is 0.339 e. The van der Waals surface area contributed by atoms with Crippen LogP contribution in [-0.2, 0) is 10.0 Å². The molecule has 0 bridgehead atoms. The number of nitrogens with zero attached hydrogens (tertiary/aromatic N) is 1. The number of hydrogen-bond acceptors (Lipinski definition) is 7. The lowest BCUT2D eigenvalue weighted by Crippen LogP contribution is -2.20. The lowest BCUT2D eigenvalue weighted by Gasteiger charge is -2.21. The normalized spacial score (nSPS) is 13.6. The van der Waals surface area contributed by atoms with Crippen molar-refractivity contribution in [3.8, 4) is 11.5 Å². The predicted octanol–water partition coefficient (Wildman–Crippen LogP) is 1.25. The van der Waals surface area contributed by atoms with Crippen LogP contribution in [0.3, 0.4) is 0 Å². The summed E-state index contributed by atoms with van der Waals surface area (Å²) in [6, 6.07) is 2.23. The summed E-state index contributed by atoms with van der Waals surface area (Å²) in [7, 11) is -4.04. The molecule has 0 saturated carbocycles. The number of carbonyl (C=O) groups is 1. The summed E-state index contributed by atoms with van der Waals surface area (Å²) in [4.78, 5) is 11.1. The number of benzene rings is 1. The maximum absolute atomic E-state index is 12.4. The largest absolute Gasteiger partial charge is 0.486 e. The molecule has 0 radical (unpaired) electrons. The Morgan fingerprint density at radius 2 is 2.04 bits per heavy atom. The van der Waals surface area contributed by atoms with Crippen LogP contribution in [0.25, 0.3) is 0 Å². The summed E-state index contributed by atoms with van der Waals surface area (Å²) in [5.74, 6) is -0.947. The van der Waals surface area contributed by atoms with Crippen LogP contribution in [0.1, 0.15) is 16.1 Å². The number of aromatic nitrogens is 1. The standard InChI is InChI=1S/C13H12N2O7S/c1-7-10(6-14-22-7)15-23(18,19)8-4-9(13(16)17)12-11(5-8)20-2-3-21-12/h4-6,15H,2-3H2,1H3,(H,16,17). The molecule has 1 aromatic carbocycles. The second kappa shape index (κ2) is 5.47. The number of anilines is 1. The van der Waals surface area contributed by atoms with Crippen molar-refractivity contribution in [3.63, 3.8) is 0 Å². The maximum atomic E-state index is 12.4. The highest BCUT2D eigenvalue weighted by molar-refractivity contribution is 7.92. The highest BCUT2D eigenvalue weighted by atomic mass is 32.2. The minimum atomic E-state index is -4.04. The van der Waals surface area contributed by atoms with E-state index in [2.05, 4.69) is 9.88 Å². The molecule has 0 saturated heterocycles. The number of aryl methyl sites for hydroxylation is 1. The Bertz CT molecular complexity index is 872. The van der Waals surface area contributed by atoms with E-state index in [1.807, 2.05) is 0 Å². The first-order valence-electron chi connectivity index (χ1n) is 6.49. The quantitative estimate of drug-likeness (QED) is 0.851. The minimum absolute atomic E-state index is 0.0175. The molecule has 1 aliphatic rings. The van der Waals surface area contributed by atoms with Crippen molar-refractivity contribution < 1.29 is 32.3 Å². The number of carboxylic acids is 1. The van der Waals surface area contributed by atoms with Crippen molar-refractivity contribution in [2.45, 2.75) is 11.8 Å². The highest BCUT2D eigenvalue weighted by Gasteiger charge is 2.27. The molecule has 0 unspecified atom stereocenters. The second-order valence-electron chi connectivity index (χ2n) is 4.70. The van der Waals surface area contributed by atoms with Gasteiger partial charge in [0, 0.05) is 6.07 Å². The molecule has 1 aromatic heterocycles. The molecule has 0 atom stereocenters. The van der Waals surface area contributed by atoms with E-state index in [0.717, 1.165) is 6.07 Å². The summed E-state index contributed by atoms with van der Waals surface area (Å²) in [5.41, 5.74) is -0.124. The van der Waals surface area contributed by atoms with Crippen molar-refractivity contribution in [1.29, 1.82) is 0 Å². The van der Waals surface area contributed by atoms with Gasteiger partial charge in [-0.1, -0.05) is 5.16 Å². The molecule has 0 spiro atoms. The molecular formula is C13H12N2O7S. The first-order valence-corrected chi connectivity index (χ1v) is 7.98. The highest BCUT2D eigenvalue weighted by Crippen LogP contribution is 2.37. The van der Waals surface area contributed by atoms with Gasteiger partial charge in [-0.05, 0) is 13.0 Å². The van der Waals surface area contributed by atoms with Crippen LogP contribution < -0.4 is 14.2 Å². The van der Waals surface area contributed by atoms with Crippen LogP contribution in [-0.4, -0.2) is 37.9 Å². The van der Waals surface area contributed by atoms with Crippen LogP contribution in [0.15, 0.2) is 27.7 Å². The molecule has 3 rings (SSSR count). The molecule has 1 aliphatic heterocycles. The van der Waals surface area contributed by atoms with E-state index < -0.39 is 16.0 Å². The van der Waals surface area contributed by atoms with E-state index in [1.54, 1.807) is 0 Å². The zero-order chi connectivity index (χ0) is 16.6. The second-order valence-corrected chi connectivity index (χ2v) is 6.38. The van der Waals surface area contributed by atoms with Gasteiger partial charge in [-0.2, -0.15) is 0 Å². The van der Waals surface area contributed by atoms with E-state index >= 15 is 0 Å². The van der Waals surface area contributed by atoms with Gasteiger partial charge in [0.1, 0.15) is 24.5 Å². The monoisotopic (exact) mass is 340 g/mol. The molecule has 0 aliphatic carbocycles. The van der Waals surface area contributed by atoms with Crippen molar-refractivity contribution in [1.82, 2.24) is 5.16 Å². The SMILES string of the molecule is Cc1oncc1NS(=O)(=O)c1cc2c(c(C(=O)O)c1)OCCO2. The van der Waals surface area contributed by atoms with Crippen LogP contribution in [0.5, 0.6) is 11.5 Å². The number of nitrogens with one attached hydrogen (secondary N) is 1.